The Bertz CT molecular complexity index is 586. The summed E-state index contributed by atoms with van der Waals surface area (Å²) in [5.41, 5.74) is 9.25. The number of anilines is 1. The first-order chi connectivity index (χ1) is 9.74. The van der Waals surface area contributed by atoms with Crippen LogP contribution in [0.3, 0.4) is 0 Å². The highest BCUT2D eigenvalue weighted by Crippen LogP contribution is 2.33. The van der Waals surface area contributed by atoms with Gasteiger partial charge in [-0.15, -0.1) is 0 Å². The highest BCUT2D eigenvalue weighted by Gasteiger charge is 2.26. The van der Waals surface area contributed by atoms with Crippen molar-refractivity contribution in [1.82, 2.24) is 9.88 Å². The van der Waals surface area contributed by atoms with Gasteiger partial charge in [0.05, 0.1) is 0 Å². The molecule has 104 valence electrons. The summed E-state index contributed by atoms with van der Waals surface area (Å²) in [5, 5.41) is 0.742. The quantitative estimate of drug-likeness (QED) is 0.876. The lowest BCUT2D eigenvalue weighted by Crippen LogP contribution is -2.23. The number of hydrogen-bond donors (Lipinski definition) is 1. The number of aromatic nitrogens is 1. The molecule has 3 nitrogen and oxygen atoms in total. The first kappa shape index (κ1) is 13.4. The lowest BCUT2D eigenvalue weighted by molar-refractivity contribution is 0.248. The lowest BCUT2D eigenvalue weighted by atomic mass is 10.1. The van der Waals surface area contributed by atoms with Crippen molar-refractivity contribution in [2.45, 2.75) is 25.4 Å². The molecule has 0 bridgehead atoms. The van der Waals surface area contributed by atoms with Gasteiger partial charge in [0.2, 0.25) is 0 Å². The summed E-state index contributed by atoms with van der Waals surface area (Å²) >= 11 is 6.07. The van der Waals surface area contributed by atoms with E-state index in [-0.39, 0.29) is 0 Å². The minimum Gasteiger partial charge on any atom is -0.398 e. The third-order valence-corrected chi connectivity index (χ3v) is 4.15. The number of nitrogens with zero attached hydrogens (tertiary/aromatic N) is 2. The summed E-state index contributed by atoms with van der Waals surface area (Å²) in [5.74, 6) is 0. The van der Waals surface area contributed by atoms with Crippen molar-refractivity contribution in [3.05, 3.63) is 58.9 Å². The van der Waals surface area contributed by atoms with Gasteiger partial charge < -0.3 is 5.73 Å². The monoisotopic (exact) mass is 287 g/mol. The van der Waals surface area contributed by atoms with E-state index in [1.54, 1.807) is 0 Å². The highest BCUT2D eigenvalue weighted by molar-refractivity contribution is 6.30. The smallest absolute Gasteiger partial charge is 0.0410 e. The predicted molar refractivity (Wildman–Crippen MR) is 82.5 cm³/mol. The fourth-order valence-corrected chi connectivity index (χ4v) is 3.09. The second kappa shape index (κ2) is 5.81. The van der Waals surface area contributed by atoms with E-state index < -0.39 is 0 Å². The van der Waals surface area contributed by atoms with Crippen molar-refractivity contribution >= 4 is 17.3 Å². The van der Waals surface area contributed by atoms with Crippen LogP contribution in [-0.2, 0) is 6.54 Å². The van der Waals surface area contributed by atoms with Crippen LogP contribution in [0.15, 0.2) is 42.7 Å². The number of pyridine rings is 1. The molecular formula is C16H18ClN3. The van der Waals surface area contributed by atoms with E-state index in [0.717, 1.165) is 29.4 Å². The molecule has 0 amide bonds. The number of hydrogen-bond acceptors (Lipinski definition) is 3. The molecule has 1 aromatic carbocycles. The summed E-state index contributed by atoms with van der Waals surface area (Å²) < 4.78 is 0. The summed E-state index contributed by atoms with van der Waals surface area (Å²) in [6.07, 6.45) is 6.16. The van der Waals surface area contributed by atoms with Gasteiger partial charge in [0.25, 0.3) is 0 Å². The van der Waals surface area contributed by atoms with Crippen LogP contribution in [0.2, 0.25) is 5.02 Å². The van der Waals surface area contributed by atoms with E-state index in [4.69, 9.17) is 17.3 Å². The molecule has 2 aromatic rings. The van der Waals surface area contributed by atoms with Gasteiger partial charge in [0, 0.05) is 35.7 Å². The summed E-state index contributed by atoms with van der Waals surface area (Å²) in [6.45, 7) is 1.93. The molecular weight excluding hydrogens is 270 g/mol. The molecule has 1 fully saturated rings. The average Bonchev–Trinajstić information content (AvgIpc) is 2.92. The zero-order valence-electron chi connectivity index (χ0n) is 11.3. The summed E-state index contributed by atoms with van der Waals surface area (Å²) in [7, 11) is 0. The van der Waals surface area contributed by atoms with Crippen LogP contribution in [0.25, 0.3) is 0 Å². The van der Waals surface area contributed by atoms with E-state index in [1.807, 2.05) is 36.7 Å². The largest absolute Gasteiger partial charge is 0.398 e. The highest BCUT2D eigenvalue weighted by atomic mass is 35.5. The molecule has 0 radical (unpaired) electrons. The van der Waals surface area contributed by atoms with Crippen molar-refractivity contribution in [1.29, 1.82) is 0 Å². The summed E-state index contributed by atoms with van der Waals surface area (Å²) in [6, 6.07) is 10.3. The Balaban J connectivity index is 1.81. The first-order valence-electron chi connectivity index (χ1n) is 6.92. The fraction of sp³-hybridized carbons (Fsp3) is 0.312. The molecule has 0 aliphatic carbocycles. The maximum atomic E-state index is 6.07. The molecule has 3 rings (SSSR count). The number of halogens is 1. The summed E-state index contributed by atoms with van der Waals surface area (Å²) in [4.78, 5) is 6.69. The lowest BCUT2D eigenvalue weighted by Gasteiger charge is -2.25. The van der Waals surface area contributed by atoms with Gasteiger partial charge in [-0.2, -0.15) is 0 Å². The molecule has 20 heavy (non-hydrogen) atoms. The van der Waals surface area contributed by atoms with Crippen molar-refractivity contribution in [3.8, 4) is 0 Å². The maximum Gasteiger partial charge on any atom is 0.0410 e. The van der Waals surface area contributed by atoms with Gasteiger partial charge in [-0.05, 0) is 54.8 Å². The Morgan fingerprint density at radius 1 is 1.35 bits per heavy atom. The second-order valence-electron chi connectivity index (χ2n) is 5.26. The molecule has 1 aliphatic rings. The Labute approximate surface area is 124 Å². The molecule has 0 spiro atoms. The second-order valence-corrected chi connectivity index (χ2v) is 5.69. The van der Waals surface area contributed by atoms with Crippen LogP contribution >= 0.6 is 11.6 Å². The molecule has 1 unspecified atom stereocenters. The molecule has 1 aliphatic heterocycles. The van der Waals surface area contributed by atoms with Crippen molar-refractivity contribution < 1.29 is 0 Å². The van der Waals surface area contributed by atoms with Gasteiger partial charge >= 0.3 is 0 Å². The molecule has 2 N–H and O–H groups in total. The van der Waals surface area contributed by atoms with Crippen LogP contribution in [-0.4, -0.2) is 16.4 Å². The zero-order chi connectivity index (χ0) is 13.9. The van der Waals surface area contributed by atoms with E-state index in [1.165, 1.54) is 18.4 Å². The van der Waals surface area contributed by atoms with Gasteiger partial charge in [-0.3, -0.25) is 9.88 Å². The molecule has 1 atom stereocenters. The first-order valence-corrected chi connectivity index (χ1v) is 7.30. The topological polar surface area (TPSA) is 42.1 Å². The number of nitrogen functional groups attached to an aromatic ring is 1. The van der Waals surface area contributed by atoms with Gasteiger partial charge in [-0.1, -0.05) is 17.7 Å². The minimum atomic E-state index is 0.432. The van der Waals surface area contributed by atoms with Crippen molar-refractivity contribution in [3.63, 3.8) is 0 Å². The van der Waals surface area contributed by atoms with Crippen molar-refractivity contribution in [2.24, 2.45) is 0 Å². The Morgan fingerprint density at radius 2 is 2.25 bits per heavy atom. The van der Waals surface area contributed by atoms with Crippen LogP contribution < -0.4 is 5.73 Å². The number of likely N-dealkylation sites (tertiary alicyclic amines) is 1. The van der Waals surface area contributed by atoms with Gasteiger partial charge in [-0.25, -0.2) is 0 Å². The average molecular weight is 288 g/mol. The van der Waals surface area contributed by atoms with Crippen LogP contribution in [0.4, 0.5) is 5.69 Å². The van der Waals surface area contributed by atoms with E-state index in [2.05, 4.69) is 16.0 Å². The van der Waals surface area contributed by atoms with E-state index in [0.29, 0.717) is 6.04 Å². The Kier molecular flexibility index (Phi) is 3.90. The molecule has 2 heterocycles. The fourth-order valence-electron chi connectivity index (χ4n) is 2.90. The Morgan fingerprint density at radius 3 is 3.05 bits per heavy atom. The maximum absolute atomic E-state index is 6.07. The van der Waals surface area contributed by atoms with Crippen LogP contribution in [0, 0.1) is 0 Å². The normalized spacial score (nSPS) is 19.4. The Hall–Kier alpha value is -1.58. The van der Waals surface area contributed by atoms with E-state index >= 15 is 0 Å². The third kappa shape index (κ3) is 2.79. The molecule has 1 saturated heterocycles. The van der Waals surface area contributed by atoms with E-state index in [9.17, 15) is 0 Å². The third-order valence-electron chi connectivity index (χ3n) is 3.91. The SMILES string of the molecule is Nc1ccc(Cl)cc1CN1CCCC1c1cccnc1. The molecule has 1 aromatic heterocycles. The van der Waals surface area contributed by atoms with Crippen LogP contribution in [0.5, 0.6) is 0 Å². The number of benzene rings is 1. The van der Waals surface area contributed by atoms with Gasteiger partial charge in [0.15, 0.2) is 0 Å². The zero-order valence-corrected chi connectivity index (χ0v) is 12.1. The minimum absolute atomic E-state index is 0.432. The number of nitrogens with two attached hydrogens (primary N) is 1. The number of rotatable bonds is 3. The van der Waals surface area contributed by atoms with Crippen molar-refractivity contribution in [2.75, 3.05) is 12.3 Å². The molecule has 0 saturated carbocycles. The van der Waals surface area contributed by atoms with Gasteiger partial charge in [0.1, 0.15) is 0 Å². The predicted octanol–water partition coefficient (Wildman–Crippen LogP) is 3.65. The molecule has 4 heteroatoms. The van der Waals surface area contributed by atoms with Crippen LogP contribution in [0.1, 0.15) is 30.0 Å². The standard InChI is InChI=1S/C16H18ClN3/c17-14-5-6-15(18)13(9-14)11-20-8-2-4-16(20)12-3-1-7-19-10-12/h1,3,5-7,9-10,16H,2,4,8,11,18H2.